The summed E-state index contributed by atoms with van der Waals surface area (Å²) in [6.45, 7) is 3.06. The molecule has 35 heavy (non-hydrogen) atoms. The Balaban J connectivity index is 1.34. The van der Waals surface area contributed by atoms with Gasteiger partial charge in [0.15, 0.2) is 0 Å². The number of hydrogen-bond acceptors (Lipinski definition) is 4. The second kappa shape index (κ2) is 10.2. The third-order valence-electron chi connectivity index (χ3n) is 7.13. The predicted octanol–water partition coefficient (Wildman–Crippen LogP) is 4.18. The molecule has 7 heteroatoms. The average Bonchev–Trinajstić information content (AvgIpc) is 2.94. The van der Waals surface area contributed by atoms with E-state index >= 15 is 0 Å². The van der Waals surface area contributed by atoms with Gasteiger partial charge in [0.1, 0.15) is 0 Å². The van der Waals surface area contributed by atoms with Crippen LogP contribution < -0.4 is 4.90 Å². The van der Waals surface area contributed by atoms with Crippen molar-refractivity contribution in [2.45, 2.75) is 23.8 Å². The van der Waals surface area contributed by atoms with Gasteiger partial charge >= 0.3 is 0 Å². The first kappa shape index (κ1) is 23.6. The van der Waals surface area contributed by atoms with Gasteiger partial charge in [0.25, 0.3) is 0 Å². The highest BCUT2D eigenvalue weighted by atomic mass is 32.2. The molecule has 0 aliphatic carbocycles. The highest BCUT2D eigenvalue weighted by Crippen LogP contribution is 2.38. The van der Waals surface area contributed by atoms with Crippen molar-refractivity contribution in [1.82, 2.24) is 9.21 Å². The van der Waals surface area contributed by atoms with E-state index in [0.29, 0.717) is 25.9 Å². The zero-order valence-corrected chi connectivity index (χ0v) is 20.6. The quantitative estimate of drug-likeness (QED) is 0.540. The monoisotopic (exact) mass is 489 g/mol. The minimum absolute atomic E-state index is 0.0671. The molecule has 2 aliphatic rings. The van der Waals surface area contributed by atoms with E-state index in [0.717, 1.165) is 18.7 Å². The predicted molar refractivity (Wildman–Crippen MR) is 137 cm³/mol. The summed E-state index contributed by atoms with van der Waals surface area (Å²) in [5, 5.41) is 0. The van der Waals surface area contributed by atoms with E-state index in [4.69, 9.17) is 0 Å². The van der Waals surface area contributed by atoms with E-state index in [2.05, 4.69) is 17.0 Å². The number of nitrogens with zero attached hydrogens (tertiary/aromatic N) is 3. The molecule has 3 aromatic carbocycles. The molecule has 2 fully saturated rings. The molecule has 6 nitrogen and oxygen atoms in total. The fourth-order valence-electron chi connectivity index (χ4n) is 5.22. The Hall–Kier alpha value is -3.16. The molecule has 2 heterocycles. The van der Waals surface area contributed by atoms with Gasteiger partial charge in [-0.3, -0.25) is 4.79 Å². The summed E-state index contributed by atoms with van der Waals surface area (Å²) in [5.41, 5.74) is 2.14. The molecule has 0 bridgehead atoms. The number of sulfonamides is 1. The largest absolute Gasteiger partial charge is 0.368 e. The maximum absolute atomic E-state index is 13.7. The summed E-state index contributed by atoms with van der Waals surface area (Å²) in [7, 11) is -3.75. The summed E-state index contributed by atoms with van der Waals surface area (Å²) in [6, 6.07) is 28.3. The van der Waals surface area contributed by atoms with Gasteiger partial charge < -0.3 is 9.80 Å². The molecule has 0 saturated carbocycles. The van der Waals surface area contributed by atoms with E-state index in [-0.39, 0.29) is 29.3 Å². The Labute approximate surface area is 207 Å². The number of amides is 1. The molecule has 0 aromatic heterocycles. The molecule has 182 valence electrons. The number of para-hydroxylation sites is 1. The number of carbonyl (C=O) groups excluding carboxylic acids is 1. The zero-order chi connectivity index (χ0) is 24.3. The minimum atomic E-state index is -3.75. The van der Waals surface area contributed by atoms with Crippen LogP contribution in [0.2, 0.25) is 0 Å². The van der Waals surface area contributed by atoms with E-state index < -0.39 is 10.0 Å². The van der Waals surface area contributed by atoms with Crippen molar-refractivity contribution in [1.29, 1.82) is 0 Å². The van der Waals surface area contributed by atoms with Crippen LogP contribution in [0.4, 0.5) is 5.69 Å². The van der Waals surface area contributed by atoms with Crippen molar-refractivity contribution < 1.29 is 13.2 Å². The molecule has 2 atom stereocenters. The molecule has 2 aliphatic heterocycles. The number of carbonyl (C=O) groups is 1. The van der Waals surface area contributed by atoms with Crippen molar-refractivity contribution in [3.8, 4) is 0 Å². The van der Waals surface area contributed by atoms with E-state index in [1.807, 2.05) is 59.5 Å². The Bertz CT molecular complexity index is 1230. The third-order valence-corrected chi connectivity index (χ3v) is 9.02. The number of piperidine rings is 1. The number of benzene rings is 3. The molecule has 2 saturated heterocycles. The third kappa shape index (κ3) is 4.97. The van der Waals surface area contributed by atoms with Crippen LogP contribution in [-0.4, -0.2) is 56.3 Å². The lowest BCUT2D eigenvalue weighted by molar-refractivity contribution is -0.137. The van der Waals surface area contributed by atoms with Gasteiger partial charge in [-0.25, -0.2) is 8.42 Å². The molecular formula is C28H31N3O3S. The van der Waals surface area contributed by atoms with Crippen LogP contribution in [0.3, 0.4) is 0 Å². The Morgan fingerprint density at radius 3 is 1.91 bits per heavy atom. The summed E-state index contributed by atoms with van der Waals surface area (Å²) in [5.74, 6) is -0.269. The molecule has 0 unspecified atom stereocenters. The van der Waals surface area contributed by atoms with Gasteiger partial charge in [0.2, 0.25) is 15.9 Å². The van der Waals surface area contributed by atoms with Crippen molar-refractivity contribution >= 4 is 21.6 Å². The maximum atomic E-state index is 13.7. The Morgan fingerprint density at radius 1 is 0.714 bits per heavy atom. The lowest BCUT2D eigenvalue weighted by Gasteiger charge is -2.42. The highest BCUT2D eigenvalue weighted by Gasteiger charge is 2.41. The molecule has 1 amide bonds. The second-order valence-corrected chi connectivity index (χ2v) is 11.1. The van der Waals surface area contributed by atoms with Crippen LogP contribution in [-0.2, 0) is 14.8 Å². The fourth-order valence-corrected chi connectivity index (χ4v) is 6.93. The summed E-state index contributed by atoms with van der Waals surface area (Å²) in [6.07, 6.45) is 1.30. The van der Waals surface area contributed by atoms with E-state index in [1.54, 1.807) is 28.6 Å². The number of rotatable bonds is 5. The molecule has 5 rings (SSSR count). The molecule has 3 aromatic rings. The maximum Gasteiger partial charge on any atom is 0.243 e. The number of hydrogen-bond donors (Lipinski definition) is 0. The lowest BCUT2D eigenvalue weighted by Crippen LogP contribution is -2.53. The first-order chi connectivity index (χ1) is 17.0. The summed E-state index contributed by atoms with van der Waals surface area (Å²) in [4.78, 5) is 18.0. The first-order valence-corrected chi connectivity index (χ1v) is 13.7. The lowest BCUT2D eigenvalue weighted by atomic mass is 9.90. The Morgan fingerprint density at radius 2 is 1.29 bits per heavy atom. The van der Waals surface area contributed by atoms with Crippen LogP contribution in [0.5, 0.6) is 0 Å². The Kier molecular flexibility index (Phi) is 6.88. The van der Waals surface area contributed by atoms with Gasteiger partial charge in [-0.15, -0.1) is 0 Å². The number of piperazine rings is 1. The van der Waals surface area contributed by atoms with Gasteiger partial charge in [0.05, 0.1) is 16.9 Å². The van der Waals surface area contributed by atoms with E-state index in [1.165, 1.54) is 5.69 Å². The molecular weight excluding hydrogens is 458 g/mol. The SMILES string of the molecule is O=C([C@@H]1CC[C@H](c2ccccc2)N(S(=O)(=O)c2ccccc2)C1)N1CCN(c2ccccc2)CC1. The number of anilines is 1. The zero-order valence-electron chi connectivity index (χ0n) is 19.7. The van der Waals surface area contributed by atoms with Crippen molar-refractivity contribution in [3.63, 3.8) is 0 Å². The van der Waals surface area contributed by atoms with Crippen molar-refractivity contribution in [3.05, 3.63) is 96.6 Å². The van der Waals surface area contributed by atoms with Gasteiger partial charge in [0, 0.05) is 38.4 Å². The van der Waals surface area contributed by atoms with Crippen LogP contribution in [0, 0.1) is 5.92 Å². The fraction of sp³-hybridized carbons (Fsp3) is 0.321. The van der Waals surface area contributed by atoms with Crippen molar-refractivity contribution in [2.24, 2.45) is 5.92 Å². The smallest absolute Gasteiger partial charge is 0.243 e. The topological polar surface area (TPSA) is 60.9 Å². The van der Waals surface area contributed by atoms with Crippen LogP contribution >= 0.6 is 0 Å². The average molecular weight is 490 g/mol. The van der Waals surface area contributed by atoms with Gasteiger partial charge in [-0.1, -0.05) is 66.7 Å². The molecule has 0 spiro atoms. The van der Waals surface area contributed by atoms with Crippen LogP contribution in [0.1, 0.15) is 24.4 Å². The standard InChI is InChI=1S/C28H31N3O3S/c32-28(30-20-18-29(19-21-30)25-12-6-2-7-13-25)24-16-17-27(23-10-4-1-5-11-23)31(22-24)35(33,34)26-14-8-3-9-15-26/h1-15,24,27H,16-22H2/t24-,27-/m1/s1. The summed E-state index contributed by atoms with van der Waals surface area (Å²) >= 11 is 0. The molecule has 0 N–H and O–H groups in total. The highest BCUT2D eigenvalue weighted by molar-refractivity contribution is 7.89. The molecule has 0 radical (unpaired) electrons. The summed E-state index contributed by atoms with van der Waals surface area (Å²) < 4.78 is 29.0. The van der Waals surface area contributed by atoms with Gasteiger partial charge in [-0.05, 0) is 42.7 Å². The van der Waals surface area contributed by atoms with Crippen molar-refractivity contribution in [2.75, 3.05) is 37.6 Å². The second-order valence-electron chi connectivity index (χ2n) is 9.24. The van der Waals surface area contributed by atoms with Crippen LogP contribution in [0.25, 0.3) is 0 Å². The van der Waals surface area contributed by atoms with Crippen LogP contribution in [0.15, 0.2) is 95.9 Å². The van der Waals surface area contributed by atoms with Gasteiger partial charge in [-0.2, -0.15) is 4.31 Å². The normalized spacial score (nSPS) is 21.6. The minimum Gasteiger partial charge on any atom is -0.368 e. The first-order valence-electron chi connectivity index (χ1n) is 12.2. The van der Waals surface area contributed by atoms with E-state index in [9.17, 15) is 13.2 Å².